The summed E-state index contributed by atoms with van der Waals surface area (Å²) in [7, 11) is 0. The molecular weight excluding hydrogens is 196 g/mol. The molecule has 0 saturated heterocycles. The molecule has 4 bridgehead atoms. The highest BCUT2D eigenvalue weighted by atomic mass is 16.3. The summed E-state index contributed by atoms with van der Waals surface area (Å²) in [5.41, 5.74) is 1.65. The van der Waals surface area contributed by atoms with Crippen molar-refractivity contribution in [3.8, 4) is 0 Å². The fourth-order valence-electron chi connectivity index (χ4n) is 5.25. The van der Waals surface area contributed by atoms with Gasteiger partial charge in [0, 0.05) is 0 Å². The van der Waals surface area contributed by atoms with Gasteiger partial charge in [-0.15, -0.1) is 0 Å². The van der Waals surface area contributed by atoms with Gasteiger partial charge < -0.3 is 5.11 Å². The average molecular weight is 220 g/mol. The first-order chi connectivity index (χ1) is 7.47. The van der Waals surface area contributed by atoms with E-state index in [9.17, 15) is 5.11 Å². The monoisotopic (exact) mass is 220 g/mol. The highest BCUT2D eigenvalue weighted by Crippen LogP contribution is 2.72. The molecule has 0 radical (unpaired) electrons. The lowest BCUT2D eigenvalue weighted by molar-refractivity contribution is -0.211. The molecule has 3 aliphatic rings. The van der Waals surface area contributed by atoms with E-state index in [1.54, 1.807) is 0 Å². The Bertz CT molecular complexity index is 332. The van der Waals surface area contributed by atoms with Gasteiger partial charge in [-0.3, -0.25) is 0 Å². The molecule has 0 spiro atoms. The van der Waals surface area contributed by atoms with Crippen molar-refractivity contribution in [2.24, 2.45) is 35.0 Å². The van der Waals surface area contributed by atoms with Crippen LogP contribution in [0.1, 0.15) is 40.0 Å². The summed E-state index contributed by atoms with van der Waals surface area (Å²) in [5, 5.41) is 9.97. The van der Waals surface area contributed by atoms with Gasteiger partial charge in [-0.25, -0.2) is 0 Å². The largest absolute Gasteiger partial charge is 0.389 e. The van der Waals surface area contributed by atoms with Gasteiger partial charge in [-0.05, 0) is 59.8 Å². The smallest absolute Gasteiger partial charge is 0.0753 e. The second-order valence-corrected chi connectivity index (χ2v) is 6.94. The summed E-state index contributed by atoms with van der Waals surface area (Å²) in [5.74, 6) is 3.92. The maximum Gasteiger partial charge on any atom is 0.0753 e. The predicted molar refractivity (Wildman–Crippen MR) is 65.9 cm³/mol. The molecular formula is C15H24O. The number of aliphatic hydroxyl groups excluding tert-OH is 1. The Morgan fingerprint density at radius 1 is 1.44 bits per heavy atom. The van der Waals surface area contributed by atoms with Crippen molar-refractivity contribution in [2.75, 3.05) is 0 Å². The maximum absolute atomic E-state index is 9.97. The zero-order valence-electron chi connectivity index (χ0n) is 10.7. The van der Waals surface area contributed by atoms with E-state index in [0.717, 1.165) is 35.7 Å². The fraction of sp³-hybridized carbons (Fsp3) is 0.867. The van der Waals surface area contributed by atoms with Crippen molar-refractivity contribution in [3.63, 3.8) is 0 Å². The molecule has 3 saturated carbocycles. The Labute approximate surface area is 98.9 Å². The molecule has 0 heterocycles. The molecule has 3 rings (SSSR count). The Morgan fingerprint density at radius 3 is 2.69 bits per heavy atom. The summed E-state index contributed by atoms with van der Waals surface area (Å²) in [4.78, 5) is 0. The normalized spacial score (nSPS) is 55.1. The fourth-order valence-corrected chi connectivity index (χ4v) is 5.25. The quantitative estimate of drug-likeness (QED) is 0.673. The van der Waals surface area contributed by atoms with Crippen LogP contribution in [0.3, 0.4) is 0 Å². The van der Waals surface area contributed by atoms with Crippen LogP contribution in [0.2, 0.25) is 0 Å². The van der Waals surface area contributed by atoms with Crippen LogP contribution in [0.25, 0.3) is 0 Å². The zero-order chi connectivity index (χ0) is 11.7. The van der Waals surface area contributed by atoms with Crippen LogP contribution < -0.4 is 0 Å². The van der Waals surface area contributed by atoms with Gasteiger partial charge in [0.05, 0.1) is 6.10 Å². The van der Waals surface area contributed by atoms with Crippen molar-refractivity contribution < 1.29 is 5.11 Å². The minimum atomic E-state index is -0.203. The molecule has 3 fully saturated rings. The van der Waals surface area contributed by atoms with E-state index in [2.05, 4.69) is 27.4 Å². The molecule has 0 aromatic heterocycles. The van der Waals surface area contributed by atoms with Crippen LogP contribution in [0, 0.1) is 35.0 Å². The second kappa shape index (κ2) is 3.13. The third-order valence-electron chi connectivity index (χ3n) is 6.08. The molecule has 0 aromatic carbocycles. The molecule has 0 aromatic rings. The van der Waals surface area contributed by atoms with Crippen LogP contribution in [-0.2, 0) is 0 Å². The average Bonchev–Trinajstić information content (AvgIpc) is 2.22. The van der Waals surface area contributed by atoms with E-state index in [4.69, 9.17) is 0 Å². The lowest BCUT2D eigenvalue weighted by Crippen LogP contribution is -2.67. The van der Waals surface area contributed by atoms with Gasteiger partial charge in [0.15, 0.2) is 0 Å². The second-order valence-electron chi connectivity index (χ2n) is 6.94. The maximum atomic E-state index is 9.97. The summed E-state index contributed by atoms with van der Waals surface area (Å²) < 4.78 is 0. The molecule has 1 nitrogen and oxygen atoms in total. The van der Waals surface area contributed by atoms with E-state index in [1.165, 1.54) is 12.8 Å². The Hall–Kier alpha value is -0.300. The molecule has 1 heteroatoms. The number of hydrogen-bond donors (Lipinski definition) is 1. The number of fused-ring (bicyclic) bond motifs is 1. The zero-order valence-corrected chi connectivity index (χ0v) is 10.7. The van der Waals surface area contributed by atoms with E-state index in [1.807, 2.05) is 0 Å². The summed E-state index contributed by atoms with van der Waals surface area (Å²) in [6, 6.07) is 0. The lowest BCUT2D eigenvalue weighted by Gasteiger charge is -2.71. The van der Waals surface area contributed by atoms with E-state index in [0.29, 0.717) is 11.3 Å². The first kappa shape index (κ1) is 10.8. The van der Waals surface area contributed by atoms with Crippen LogP contribution in [0.15, 0.2) is 12.2 Å². The van der Waals surface area contributed by atoms with Gasteiger partial charge in [0.25, 0.3) is 0 Å². The summed E-state index contributed by atoms with van der Waals surface area (Å²) in [6.45, 7) is 11.3. The molecule has 6 atom stereocenters. The third-order valence-corrected chi connectivity index (χ3v) is 6.08. The van der Waals surface area contributed by atoms with Gasteiger partial charge in [-0.2, -0.15) is 0 Å². The van der Waals surface area contributed by atoms with Crippen LogP contribution in [0.4, 0.5) is 0 Å². The number of aliphatic hydroxyl groups is 1. The summed E-state index contributed by atoms with van der Waals surface area (Å²) >= 11 is 0. The van der Waals surface area contributed by atoms with Crippen molar-refractivity contribution in [1.82, 2.24) is 0 Å². The predicted octanol–water partition coefficient (Wildman–Crippen LogP) is 3.24. The van der Waals surface area contributed by atoms with Crippen LogP contribution in [0.5, 0.6) is 0 Å². The first-order valence-corrected chi connectivity index (χ1v) is 6.83. The summed E-state index contributed by atoms with van der Waals surface area (Å²) in [6.07, 6.45) is 3.53. The van der Waals surface area contributed by atoms with Gasteiger partial charge in [-0.1, -0.05) is 27.4 Å². The van der Waals surface area contributed by atoms with Crippen molar-refractivity contribution >= 4 is 0 Å². The molecule has 1 N–H and O–H groups in total. The van der Waals surface area contributed by atoms with Crippen molar-refractivity contribution in [3.05, 3.63) is 12.2 Å². The molecule has 90 valence electrons. The minimum absolute atomic E-state index is 0.203. The standard InChI is InChI=1S/C15H24O/c1-8(2)10-5-6-15(4)11-7-12(16)9(3)14(15)13(10)11/h8,10-14,16H,3,5-7H2,1-2,4H3/t10-,11?,12-,13?,14?,15-/m1/s1. The highest BCUT2D eigenvalue weighted by molar-refractivity contribution is 5.29. The van der Waals surface area contributed by atoms with Gasteiger partial charge in [0.1, 0.15) is 0 Å². The lowest BCUT2D eigenvalue weighted by atomic mass is 9.33. The SMILES string of the molecule is C=C1C2C3C(C[C@H]1O)[C@@]2(C)CC[C@@H]3C(C)C. The molecule has 0 aliphatic heterocycles. The molecule has 3 aliphatic carbocycles. The topological polar surface area (TPSA) is 20.2 Å². The Kier molecular flexibility index (Phi) is 2.12. The molecule has 16 heavy (non-hydrogen) atoms. The number of rotatable bonds is 1. The Morgan fingerprint density at radius 2 is 2.12 bits per heavy atom. The van der Waals surface area contributed by atoms with E-state index in [-0.39, 0.29) is 6.10 Å². The highest BCUT2D eigenvalue weighted by Gasteiger charge is 2.67. The minimum Gasteiger partial charge on any atom is -0.389 e. The first-order valence-electron chi connectivity index (χ1n) is 6.83. The van der Waals surface area contributed by atoms with Crippen molar-refractivity contribution in [1.29, 1.82) is 0 Å². The van der Waals surface area contributed by atoms with Crippen LogP contribution >= 0.6 is 0 Å². The van der Waals surface area contributed by atoms with Crippen molar-refractivity contribution in [2.45, 2.75) is 46.1 Å². The third kappa shape index (κ3) is 1.06. The Balaban J connectivity index is 1.93. The van der Waals surface area contributed by atoms with Gasteiger partial charge >= 0.3 is 0 Å². The van der Waals surface area contributed by atoms with Crippen LogP contribution in [-0.4, -0.2) is 11.2 Å². The molecule has 3 unspecified atom stereocenters. The van der Waals surface area contributed by atoms with Gasteiger partial charge in [0.2, 0.25) is 0 Å². The van der Waals surface area contributed by atoms with E-state index < -0.39 is 0 Å². The molecule has 0 amide bonds. The van der Waals surface area contributed by atoms with E-state index >= 15 is 0 Å². The number of hydrogen-bond acceptors (Lipinski definition) is 1.